The molecule has 0 fully saturated rings. The highest BCUT2D eigenvalue weighted by Crippen LogP contribution is 2.20. The molecule has 0 aromatic heterocycles. The SMILES string of the molecule is CCC(C#N)CNCc1cc(F)c(C)cc1Cl. The van der Waals surface area contributed by atoms with Gasteiger partial charge in [0.05, 0.1) is 12.0 Å². The molecule has 0 aliphatic carbocycles. The number of nitrogens with zero attached hydrogens (tertiary/aromatic N) is 1. The van der Waals surface area contributed by atoms with Crippen LogP contribution in [-0.2, 0) is 6.54 Å². The number of halogens is 2. The number of hydrogen-bond donors (Lipinski definition) is 1. The van der Waals surface area contributed by atoms with Gasteiger partial charge < -0.3 is 5.32 Å². The van der Waals surface area contributed by atoms with Gasteiger partial charge in [0.1, 0.15) is 5.82 Å². The molecule has 1 rings (SSSR count). The molecular weight excluding hydrogens is 239 g/mol. The van der Waals surface area contributed by atoms with Crippen molar-refractivity contribution in [2.24, 2.45) is 5.92 Å². The Kier molecular flexibility index (Phi) is 5.40. The second-order valence-corrected chi connectivity index (χ2v) is 4.47. The van der Waals surface area contributed by atoms with E-state index in [1.165, 1.54) is 6.07 Å². The van der Waals surface area contributed by atoms with Crippen molar-refractivity contribution in [3.05, 3.63) is 34.1 Å². The first-order valence-electron chi connectivity index (χ1n) is 5.63. The normalized spacial score (nSPS) is 12.2. The summed E-state index contributed by atoms with van der Waals surface area (Å²) in [5, 5.41) is 12.5. The van der Waals surface area contributed by atoms with Crippen LogP contribution in [0.2, 0.25) is 5.02 Å². The van der Waals surface area contributed by atoms with Gasteiger partial charge in [0, 0.05) is 18.1 Å². The molecule has 0 bridgehead atoms. The molecule has 1 unspecified atom stereocenters. The van der Waals surface area contributed by atoms with Crippen molar-refractivity contribution in [2.45, 2.75) is 26.8 Å². The molecule has 0 heterocycles. The Labute approximate surface area is 106 Å². The van der Waals surface area contributed by atoms with Crippen molar-refractivity contribution < 1.29 is 4.39 Å². The van der Waals surface area contributed by atoms with Crippen molar-refractivity contribution in [2.75, 3.05) is 6.54 Å². The number of nitriles is 1. The molecule has 17 heavy (non-hydrogen) atoms. The zero-order valence-corrected chi connectivity index (χ0v) is 10.8. The molecule has 0 spiro atoms. The largest absolute Gasteiger partial charge is 0.311 e. The van der Waals surface area contributed by atoms with Crippen molar-refractivity contribution in [3.8, 4) is 6.07 Å². The van der Waals surface area contributed by atoms with Gasteiger partial charge in [-0.2, -0.15) is 5.26 Å². The maximum Gasteiger partial charge on any atom is 0.126 e. The van der Waals surface area contributed by atoms with Crippen molar-refractivity contribution in [1.82, 2.24) is 5.32 Å². The summed E-state index contributed by atoms with van der Waals surface area (Å²) in [6, 6.07) is 5.27. The first-order chi connectivity index (χ1) is 8.08. The van der Waals surface area contributed by atoms with E-state index in [4.69, 9.17) is 16.9 Å². The number of rotatable bonds is 5. The Balaban J connectivity index is 2.58. The monoisotopic (exact) mass is 254 g/mol. The third-order valence-corrected chi connectivity index (χ3v) is 3.06. The molecule has 2 nitrogen and oxygen atoms in total. The van der Waals surface area contributed by atoms with Gasteiger partial charge in [0.2, 0.25) is 0 Å². The van der Waals surface area contributed by atoms with Crippen LogP contribution in [0.5, 0.6) is 0 Å². The number of hydrogen-bond acceptors (Lipinski definition) is 2. The van der Waals surface area contributed by atoms with Crippen LogP contribution in [0.1, 0.15) is 24.5 Å². The van der Waals surface area contributed by atoms with Crippen LogP contribution in [0.4, 0.5) is 4.39 Å². The molecule has 0 aliphatic heterocycles. The molecule has 0 saturated carbocycles. The van der Waals surface area contributed by atoms with E-state index in [1.807, 2.05) is 6.92 Å². The highest BCUT2D eigenvalue weighted by molar-refractivity contribution is 6.31. The quantitative estimate of drug-likeness (QED) is 0.874. The fourth-order valence-corrected chi connectivity index (χ4v) is 1.77. The maximum atomic E-state index is 13.3. The summed E-state index contributed by atoms with van der Waals surface area (Å²) in [6.07, 6.45) is 0.805. The van der Waals surface area contributed by atoms with E-state index >= 15 is 0 Å². The van der Waals surface area contributed by atoms with Gasteiger partial charge >= 0.3 is 0 Å². The zero-order chi connectivity index (χ0) is 12.8. The molecule has 1 aromatic rings. The summed E-state index contributed by atoms with van der Waals surface area (Å²) >= 11 is 6.01. The topological polar surface area (TPSA) is 35.8 Å². The van der Waals surface area contributed by atoms with E-state index in [2.05, 4.69) is 11.4 Å². The zero-order valence-electron chi connectivity index (χ0n) is 10.1. The van der Waals surface area contributed by atoms with Crippen LogP contribution in [0.25, 0.3) is 0 Å². The third kappa shape index (κ3) is 3.99. The molecule has 92 valence electrons. The molecule has 0 saturated heterocycles. The number of nitrogens with one attached hydrogen (secondary N) is 1. The standard InChI is InChI=1S/C13H16ClFN2/c1-3-10(6-16)7-17-8-11-5-13(15)9(2)4-12(11)14/h4-5,10,17H,3,7-8H2,1-2H3. The predicted molar refractivity (Wildman–Crippen MR) is 67.2 cm³/mol. The summed E-state index contributed by atoms with van der Waals surface area (Å²) in [5.41, 5.74) is 1.27. The first-order valence-corrected chi connectivity index (χ1v) is 6.01. The van der Waals surface area contributed by atoms with Crippen LogP contribution < -0.4 is 5.32 Å². The highest BCUT2D eigenvalue weighted by Gasteiger charge is 2.07. The van der Waals surface area contributed by atoms with Gasteiger partial charge in [-0.3, -0.25) is 0 Å². The smallest absolute Gasteiger partial charge is 0.126 e. The molecule has 1 aromatic carbocycles. The highest BCUT2D eigenvalue weighted by atomic mass is 35.5. The van der Waals surface area contributed by atoms with Gasteiger partial charge in [-0.05, 0) is 36.6 Å². The minimum Gasteiger partial charge on any atom is -0.311 e. The van der Waals surface area contributed by atoms with Crippen molar-refractivity contribution in [3.63, 3.8) is 0 Å². The summed E-state index contributed by atoms with van der Waals surface area (Å²) < 4.78 is 13.3. The Morgan fingerprint density at radius 1 is 1.53 bits per heavy atom. The molecule has 0 radical (unpaired) electrons. The van der Waals surface area contributed by atoms with Gasteiger partial charge in [-0.1, -0.05) is 18.5 Å². The lowest BCUT2D eigenvalue weighted by molar-refractivity contribution is 0.550. The Morgan fingerprint density at radius 2 is 2.24 bits per heavy atom. The average molecular weight is 255 g/mol. The lowest BCUT2D eigenvalue weighted by atomic mass is 10.1. The maximum absolute atomic E-state index is 13.3. The molecule has 0 amide bonds. The lowest BCUT2D eigenvalue weighted by Crippen LogP contribution is -2.21. The second kappa shape index (κ2) is 6.58. The van der Waals surface area contributed by atoms with Gasteiger partial charge in [0.15, 0.2) is 0 Å². The van der Waals surface area contributed by atoms with Crippen LogP contribution >= 0.6 is 11.6 Å². The van der Waals surface area contributed by atoms with Crippen molar-refractivity contribution >= 4 is 11.6 Å². The van der Waals surface area contributed by atoms with Crippen LogP contribution in [0, 0.1) is 30.0 Å². The van der Waals surface area contributed by atoms with E-state index in [9.17, 15) is 4.39 Å². The Hall–Kier alpha value is -1.11. The van der Waals surface area contributed by atoms with Crippen molar-refractivity contribution in [1.29, 1.82) is 5.26 Å². The molecule has 1 atom stereocenters. The molecule has 4 heteroatoms. The Morgan fingerprint density at radius 3 is 2.82 bits per heavy atom. The summed E-state index contributed by atoms with van der Waals surface area (Å²) in [7, 11) is 0. The minimum absolute atomic E-state index is 0.0101. The second-order valence-electron chi connectivity index (χ2n) is 4.06. The minimum atomic E-state index is -0.251. The van der Waals surface area contributed by atoms with Gasteiger partial charge in [-0.15, -0.1) is 0 Å². The summed E-state index contributed by atoms with van der Waals surface area (Å²) in [5.74, 6) is -0.261. The number of aryl methyl sites for hydroxylation is 1. The number of benzene rings is 1. The third-order valence-electron chi connectivity index (χ3n) is 2.71. The molecule has 0 aliphatic rings. The summed E-state index contributed by atoms with van der Waals surface area (Å²) in [6.45, 7) is 4.72. The average Bonchev–Trinajstić information content (AvgIpc) is 2.31. The molecule has 1 N–H and O–H groups in total. The van der Waals surface area contributed by atoms with Crippen LogP contribution in [0.15, 0.2) is 12.1 Å². The van der Waals surface area contributed by atoms with Gasteiger partial charge in [-0.25, -0.2) is 4.39 Å². The fourth-order valence-electron chi connectivity index (χ4n) is 1.49. The van der Waals surface area contributed by atoms with E-state index in [0.717, 1.165) is 12.0 Å². The first kappa shape index (κ1) is 14.0. The van der Waals surface area contributed by atoms with E-state index < -0.39 is 0 Å². The van der Waals surface area contributed by atoms with E-state index in [1.54, 1.807) is 13.0 Å². The lowest BCUT2D eigenvalue weighted by Gasteiger charge is -2.10. The van der Waals surface area contributed by atoms with Crippen LogP contribution in [0.3, 0.4) is 0 Å². The van der Waals surface area contributed by atoms with E-state index in [-0.39, 0.29) is 11.7 Å². The van der Waals surface area contributed by atoms with E-state index in [0.29, 0.717) is 23.7 Å². The predicted octanol–water partition coefficient (Wildman–Crippen LogP) is 3.43. The molecular formula is C13H16ClFN2. The fraction of sp³-hybridized carbons (Fsp3) is 0.462. The summed E-state index contributed by atoms with van der Waals surface area (Å²) in [4.78, 5) is 0. The Bertz CT molecular complexity index is 426. The van der Waals surface area contributed by atoms with Crippen LogP contribution in [-0.4, -0.2) is 6.54 Å². The van der Waals surface area contributed by atoms with Gasteiger partial charge in [0.25, 0.3) is 0 Å².